The third-order valence-corrected chi connectivity index (χ3v) is 3.69. The second kappa shape index (κ2) is 10.3. The number of nitrogens with two attached hydrogens (primary N) is 1. The maximum Gasteiger partial charge on any atom is 0.220 e. The van der Waals surface area contributed by atoms with Crippen LogP contribution < -0.4 is 11.1 Å². The zero-order chi connectivity index (χ0) is 15.5. The Balaban J connectivity index is 2.21. The van der Waals surface area contributed by atoms with E-state index in [1.807, 2.05) is 24.3 Å². The molecule has 0 fully saturated rings. The first-order valence-electron chi connectivity index (χ1n) is 7.79. The van der Waals surface area contributed by atoms with Gasteiger partial charge in [0.15, 0.2) is 0 Å². The molecule has 0 bridgehead atoms. The maximum absolute atomic E-state index is 11.8. The van der Waals surface area contributed by atoms with Gasteiger partial charge in [-0.25, -0.2) is 0 Å². The van der Waals surface area contributed by atoms with Crippen molar-refractivity contribution in [2.45, 2.75) is 58.4 Å². The Kier molecular flexibility index (Phi) is 8.67. The molecular formula is C17H26N2OS. The lowest BCUT2D eigenvalue weighted by atomic mass is 10.1. The number of benzene rings is 1. The van der Waals surface area contributed by atoms with Crippen LogP contribution in [0.1, 0.15) is 63.0 Å². The molecular weight excluding hydrogens is 280 g/mol. The zero-order valence-corrected chi connectivity index (χ0v) is 13.7. The number of nitrogens with one attached hydrogen (secondary N) is 1. The predicted molar refractivity (Wildman–Crippen MR) is 92.2 cm³/mol. The van der Waals surface area contributed by atoms with Gasteiger partial charge in [0, 0.05) is 18.5 Å². The maximum atomic E-state index is 11.8. The first-order valence-corrected chi connectivity index (χ1v) is 8.19. The van der Waals surface area contributed by atoms with Gasteiger partial charge in [-0.3, -0.25) is 4.79 Å². The van der Waals surface area contributed by atoms with Crippen LogP contribution in [-0.2, 0) is 11.3 Å². The fourth-order valence-corrected chi connectivity index (χ4v) is 2.32. The number of hydrogen-bond acceptors (Lipinski definition) is 2. The van der Waals surface area contributed by atoms with E-state index in [0.717, 1.165) is 24.0 Å². The Bertz CT molecular complexity index is 460. The van der Waals surface area contributed by atoms with E-state index in [1.165, 1.54) is 25.7 Å². The average molecular weight is 306 g/mol. The average Bonchev–Trinajstić information content (AvgIpc) is 2.49. The molecule has 0 atom stereocenters. The van der Waals surface area contributed by atoms with Crippen molar-refractivity contribution in [2.75, 3.05) is 0 Å². The van der Waals surface area contributed by atoms with Crippen LogP contribution in [0, 0.1) is 0 Å². The van der Waals surface area contributed by atoms with Crippen molar-refractivity contribution < 1.29 is 4.79 Å². The van der Waals surface area contributed by atoms with E-state index in [2.05, 4.69) is 12.2 Å². The third kappa shape index (κ3) is 7.81. The van der Waals surface area contributed by atoms with Gasteiger partial charge >= 0.3 is 0 Å². The highest BCUT2D eigenvalue weighted by Crippen LogP contribution is 2.08. The minimum Gasteiger partial charge on any atom is -0.389 e. The fourth-order valence-electron chi connectivity index (χ4n) is 2.19. The number of hydrogen-bond donors (Lipinski definition) is 2. The molecule has 0 aliphatic carbocycles. The molecule has 0 aliphatic heterocycles. The second-order valence-electron chi connectivity index (χ2n) is 5.36. The first-order chi connectivity index (χ1) is 10.1. The van der Waals surface area contributed by atoms with Gasteiger partial charge in [0.1, 0.15) is 4.99 Å². The van der Waals surface area contributed by atoms with E-state index in [-0.39, 0.29) is 5.91 Å². The summed E-state index contributed by atoms with van der Waals surface area (Å²) in [5.41, 5.74) is 7.46. The standard InChI is InChI=1S/C17H26N2OS/c1-2-3-4-5-6-7-11-16(20)19-13-14-9-8-10-15(12-14)17(18)21/h8-10,12H,2-7,11,13H2,1H3,(H2,18,21)(H,19,20). The third-order valence-electron chi connectivity index (χ3n) is 3.46. The normalized spacial score (nSPS) is 10.3. The van der Waals surface area contributed by atoms with E-state index in [0.29, 0.717) is 18.0 Å². The molecule has 3 nitrogen and oxygen atoms in total. The minimum absolute atomic E-state index is 0.117. The van der Waals surface area contributed by atoms with Crippen LogP contribution in [0.4, 0.5) is 0 Å². The summed E-state index contributed by atoms with van der Waals surface area (Å²) in [6.45, 7) is 2.74. The SMILES string of the molecule is CCCCCCCCC(=O)NCc1cccc(C(N)=S)c1. The van der Waals surface area contributed by atoms with Crippen LogP contribution in [0.3, 0.4) is 0 Å². The molecule has 1 aromatic carbocycles. The number of amides is 1. The number of thiocarbonyl (C=S) groups is 1. The first kappa shape index (κ1) is 17.6. The Morgan fingerprint density at radius 2 is 1.90 bits per heavy atom. The summed E-state index contributed by atoms with van der Waals surface area (Å²) < 4.78 is 0. The van der Waals surface area contributed by atoms with Crippen molar-refractivity contribution in [1.29, 1.82) is 0 Å². The van der Waals surface area contributed by atoms with Crippen molar-refractivity contribution in [3.63, 3.8) is 0 Å². The molecule has 0 aromatic heterocycles. The van der Waals surface area contributed by atoms with E-state index >= 15 is 0 Å². The molecule has 3 N–H and O–H groups in total. The molecule has 0 unspecified atom stereocenters. The molecule has 116 valence electrons. The van der Waals surface area contributed by atoms with E-state index in [9.17, 15) is 4.79 Å². The van der Waals surface area contributed by atoms with E-state index in [4.69, 9.17) is 18.0 Å². The van der Waals surface area contributed by atoms with E-state index in [1.54, 1.807) is 0 Å². The molecule has 0 saturated heterocycles. The molecule has 0 saturated carbocycles. The van der Waals surface area contributed by atoms with Gasteiger partial charge in [0.2, 0.25) is 5.91 Å². The van der Waals surface area contributed by atoms with Crippen molar-refractivity contribution >= 4 is 23.1 Å². The second-order valence-corrected chi connectivity index (χ2v) is 5.80. The van der Waals surface area contributed by atoms with Crippen molar-refractivity contribution in [3.05, 3.63) is 35.4 Å². The number of unbranched alkanes of at least 4 members (excludes halogenated alkanes) is 5. The monoisotopic (exact) mass is 306 g/mol. The summed E-state index contributed by atoms with van der Waals surface area (Å²) in [5.74, 6) is 0.117. The molecule has 1 amide bonds. The van der Waals surface area contributed by atoms with Gasteiger partial charge in [-0.15, -0.1) is 0 Å². The van der Waals surface area contributed by atoms with Crippen molar-refractivity contribution in [2.24, 2.45) is 5.73 Å². The summed E-state index contributed by atoms with van der Waals surface area (Å²) in [6, 6.07) is 7.67. The van der Waals surface area contributed by atoms with Crippen LogP contribution in [0.5, 0.6) is 0 Å². The smallest absolute Gasteiger partial charge is 0.220 e. The van der Waals surface area contributed by atoms with Gasteiger partial charge in [-0.2, -0.15) is 0 Å². The fraction of sp³-hybridized carbons (Fsp3) is 0.529. The largest absolute Gasteiger partial charge is 0.389 e. The van der Waals surface area contributed by atoms with Crippen LogP contribution in [-0.4, -0.2) is 10.9 Å². The Labute approximate surface area is 133 Å². The predicted octanol–water partition coefficient (Wildman–Crippen LogP) is 3.69. The Hall–Kier alpha value is -1.42. The molecule has 0 spiro atoms. The van der Waals surface area contributed by atoms with Crippen LogP contribution in [0.15, 0.2) is 24.3 Å². The number of rotatable bonds is 10. The lowest BCUT2D eigenvalue weighted by Crippen LogP contribution is -2.22. The van der Waals surface area contributed by atoms with Gasteiger partial charge in [0.05, 0.1) is 0 Å². The van der Waals surface area contributed by atoms with Gasteiger partial charge in [0.25, 0.3) is 0 Å². The number of carbonyl (C=O) groups is 1. The molecule has 0 aliphatic rings. The lowest BCUT2D eigenvalue weighted by Gasteiger charge is -2.07. The van der Waals surface area contributed by atoms with Crippen molar-refractivity contribution in [3.8, 4) is 0 Å². The molecule has 4 heteroatoms. The topological polar surface area (TPSA) is 55.1 Å². The van der Waals surface area contributed by atoms with Gasteiger partial charge < -0.3 is 11.1 Å². The molecule has 1 rings (SSSR count). The molecule has 1 aromatic rings. The zero-order valence-electron chi connectivity index (χ0n) is 12.9. The number of carbonyl (C=O) groups excluding carboxylic acids is 1. The van der Waals surface area contributed by atoms with Crippen molar-refractivity contribution in [1.82, 2.24) is 5.32 Å². The summed E-state index contributed by atoms with van der Waals surface area (Å²) in [4.78, 5) is 12.1. The Morgan fingerprint density at radius 1 is 1.19 bits per heavy atom. The molecule has 0 heterocycles. The highest BCUT2D eigenvalue weighted by Gasteiger charge is 2.03. The van der Waals surface area contributed by atoms with Crippen LogP contribution >= 0.6 is 12.2 Å². The molecule has 21 heavy (non-hydrogen) atoms. The van der Waals surface area contributed by atoms with Crippen LogP contribution in [0.2, 0.25) is 0 Å². The summed E-state index contributed by atoms with van der Waals surface area (Å²) >= 11 is 4.95. The highest BCUT2D eigenvalue weighted by atomic mass is 32.1. The van der Waals surface area contributed by atoms with Gasteiger partial charge in [-0.05, 0) is 18.1 Å². The summed E-state index contributed by atoms with van der Waals surface area (Å²) in [6.07, 6.45) is 7.80. The summed E-state index contributed by atoms with van der Waals surface area (Å²) in [7, 11) is 0. The summed E-state index contributed by atoms with van der Waals surface area (Å²) in [5, 5.41) is 2.94. The van der Waals surface area contributed by atoms with Crippen LogP contribution in [0.25, 0.3) is 0 Å². The Morgan fingerprint density at radius 3 is 2.62 bits per heavy atom. The lowest BCUT2D eigenvalue weighted by molar-refractivity contribution is -0.121. The highest BCUT2D eigenvalue weighted by molar-refractivity contribution is 7.80. The van der Waals surface area contributed by atoms with E-state index < -0.39 is 0 Å². The quantitative estimate of drug-likeness (QED) is 0.512. The van der Waals surface area contributed by atoms with Gasteiger partial charge in [-0.1, -0.05) is 69.4 Å². The minimum atomic E-state index is 0.117. The molecule has 0 radical (unpaired) electrons.